The second kappa shape index (κ2) is 7.74. The lowest BCUT2D eigenvalue weighted by Crippen LogP contribution is -2.35. The highest BCUT2D eigenvalue weighted by Crippen LogP contribution is 2.23. The number of halogens is 2. The van der Waals surface area contributed by atoms with E-state index in [2.05, 4.69) is 10.00 Å². The van der Waals surface area contributed by atoms with Crippen molar-refractivity contribution in [3.05, 3.63) is 47.8 Å². The van der Waals surface area contributed by atoms with Gasteiger partial charge in [0, 0.05) is 25.7 Å². The largest absolute Gasteiger partial charge is 0.481 e. The van der Waals surface area contributed by atoms with Crippen LogP contribution in [0.25, 0.3) is 5.69 Å². The molecular weight excluding hydrogens is 328 g/mol. The van der Waals surface area contributed by atoms with Gasteiger partial charge in [-0.15, -0.1) is 0 Å². The number of aliphatic carboxylic acids is 1. The molecule has 0 bridgehead atoms. The average molecular weight is 349 g/mol. The first-order valence-corrected chi connectivity index (χ1v) is 8.46. The summed E-state index contributed by atoms with van der Waals surface area (Å²) < 4.78 is 28.9. The van der Waals surface area contributed by atoms with Gasteiger partial charge >= 0.3 is 5.97 Å². The first-order chi connectivity index (χ1) is 12.0. The molecule has 1 aromatic heterocycles. The number of piperidine rings is 1. The number of nitrogens with zero attached hydrogens (tertiary/aromatic N) is 3. The second-order valence-corrected chi connectivity index (χ2v) is 6.50. The van der Waals surface area contributed by atoms with E-state index in [1.165, 1.54) is 22.9 Å². The van der Waals surface area contributed by atoms with Crippen molar-refractivity contribution in [2.24, 2.45) is 5.92 Å². The molecule has 0 spiro atoms. The standard InChI is InChI=1S/C18H21F2N3O2/c19-15-4-1-5-16(20)18(15)23-10-8-14(21-23)12-22-9-2-3-13(11-22)6-7-17(24)25/h1,4-5,8,10,13H,2-3,6-7,9,11-12H2,(H,24,25). The molecule has 0 radical (unpaired) electrons. The molecule has 1 aromatic carbocycles. The second-order valence-electron chi connectivity index (χ2n) is 6.50. The third-order valence-corrected chi connectivity index (χ3v) is 4.57. The molecule has 2 aromatic rings. The molecule has 1 unspecified atom stereocenters. The van der Waals surface area contributed by atoms with Gasteiger partial charge in [0.15, 0.2) is 11.6 Å². The normalized spacial score (nSPS) is 18.4. The molecule has 1 saturated heterocycles. The molecule has 1 aliphatic rings. The highest BCUT2D eigenvalue weighted by atomic mass is 19.1. The van der Waals surface area contributed by atoms with Crippen molar-refractivity contribution in [2.75, 3.05) is 13.1 Å². The van der Waals surface area contributed by atoms with Crippen LogP contribution in [0.2, 0.25) is 0 Å². The zero-order valence-corrected chi connectivity index (χ0v) is 13.9. The lowest BCUT2D eigenvalue weighted by Gasteiger charge is -2.32. The molecule has 7 heteroatoms. The Morgan fingerprint density at radius 3 is 2.76 bits per heavy atom. The maximum absolute atomic E-state index is 13.8. The van der Waals surface area contributed by atoms with E-state index in [-0.39, 0.29) is 12.1 Å². The van der Waals surface area contributed by atoms with Gasteiger partial charge < -0.3 is 5.11 Å². The highest BCUT2D eigenvalue weighted by molar-refractivity contribution is 5.66. The van der Waals surface area contributed by atoms with E-state index in [0.717, 1.165) is 31.6 Å². The summed E-state index contributed by atoms with van der Waals surface area (Å²) >= 11 is 0. The van der Waals surface area contributed by atoms with Crippen molar-refractivity contribution >= 4 is 5.97 Å². The van der Waals surface area contributed by atoms with Gasteiger partial charge in [-0.1, -0.05) is 6.07 Å². The number of likely N-dealkylation sites (tertiary alicyclic amines) is 1. The fourth-order valence-corrected chi connectivity index (χ4v) is 3.37. The summed E-state index contributed by atoms with van der Waals surface area (Å²) in [7, 11) is 0. The summed E-state index contributed by atoms with van der Waals surface area (Å²) in [4.78, 5) is 12.9. The molecule has 0 saturated carbocycles. The Kier molecular flexibility index (Phi) is 5.43. The average Bonchev–Trinajstić information content (AvgIpc) is 3.01. The lowest BCUT2D eigenvalue weighted by atomic mass is 9.93. The number of aromatic nitrogens is 2. The minimum Gasteiger partial charge on any atom is -0.481 e. The summed E-state index contributed by atoms with van der Waals surface area (Å²) in [5, 5.41) is 13.1. The molecule has 0 amide bonds. The number of rotatable bonds is 6. The van der Waals surface area contributed by atoms with Crippen LogP contribution in [0.3, 0.4) is 0 Å². The van der Waals surface area contributed by atoms with Gasteiger partial charge in [0.1, 0.15) is 5.69 Å². The van der Waals surface area contributed by atoms with Crippen LogP contribution in [-0.2, 0) is 11.3 Å². The third-order valence-electron chi connectivity index (χ3n) is 4.57. The van der Waals surface area contributed by atoms with Gasteiger partial charge in [0.25, 0.3) is 0 Å². The Morgan fingerprint density at radius 2 is 2.04 bits per heavy atom. The van der Waals surface area contributed by atoms with Crippen molar-refractivity contribution in [1.82, 2.24) is 14.7 Å². The molecule has 1 fully saturated rings. The summed E-state index contributed by atoms with van der Waals surface area (Å²) in [6.07, 6.45) is 4.49. The summed E-state index contributed by atoms with van der Waals surface area (Å²) in [5.41, 5.74) is 0.563. The third kappa shape index (κ3) is 4.42. The molecule has 1 aliphatic heterocycles. The van der Waals surface area contributed by atoms with Gasteiger partial charge in [-0.2, -0.15) is 5.10 Å². The first-order valence-electron chi connectivity index (χ1n) is 8.46. The SMILES string of the molecule is O=C(O)CCC1CCCN(Cc2ccn(-c3c(F)cccc3F)n2)C1. The van der Waals surface area contributed by atoms with E-state index in [9.17, 15) is 13.6 Å². The van der Waals surface area contributed by atoms with Crippen LogP contribution < -0.4 is 0 Å². The number of carboxylic acids is 1. The lowest BCUT2D eigenvalue weighted by molar-refractivity contribution is -0.137. The summed E-state index contributed by atoms with van der Waals surface area (Å²) in [5.74, 6) is -1.69. The van der Waals surface area contributed by atoms with Gasteiger partial charge in [0.05, 0.1) is 5.69 Å². The molecule has 0 aliphatic carbocycles. The number of hydrogen-bond acceptors (Lipinski definition) is 3. The zero-order valence-electron chi connectivity index (χ0n) is 13.9. The molecule has 1 atom stereocenters. The first kappa shape index (κ1) is 17.5. The highest BCUT2D eigenvalue weighted by Gasteiger charge is 2.21. The predicted molar refractivity (Wildman–Crippen MR) is 88.4 cm³/mol. The van der Waals surface area contributed by atoms with Crippen LogP contribution in [0.1, 0.15) is 31.4 Å². The fourth-order valence-electron chi connectivity index (χ4n) is 3.37. The Bertz CT molecular complexity index is 727. The van der Waals surface area contributed by atoms with Gasteiger partial charge in [0.2, 0.25) is 0 Å². The molecular formula is C18H21F2N3O2. The van der Waals surface area contributed by atoms with Crippen molar-refractivity contribution in [2.45, 2.75) is 32.2 Å². The molecule has 1 N–H and O–H groups in total. The van der Waals surface area contributed by atoms with Crippen LogP contribution >= 0.6 is 0 Å². The van der Waals surface area contributed by atoms with Crippen molar-refractivity contribution < 1.29 is 18.7 Å². The number of hydrogen-bond donors (Lipinski definition) is 1. The van der Waals surface area contributed by atoms with Crippen LogP contribution in [0.15, 0.2) is 30.5 Å². The molecule has 134 valence electrons. The van der Waals surface area contributed by atoms with Crippen molar-refractivity contribution in [3.63, 3.8) is 0 Å². The Hall–Kier alpha value is -2.28. The number of carbonyl (C=O) groups is 1. The van der Waals surface area contributed by atoms with Crippen molar-refractivity contribution in [1.29, 1.82) is 0 Å². The molecule has 2 heterocycles. The van der Waals surface area contributed by atoms with E-state index >= 15 is 0 Å². The van der Waals surface area contributed by atoms with E-state index in [0.29, 0.717) is 18.9 Å². The Balaban J connectivity index is 1.64. The minimum atomic E-state index is -0.761. The monoisotopic (exact) mass is 349 g/mol. The van der Waals surface area contributed by atoms with E-state index in [4.69, 9.17) is 5.11 Å². The Morgan fingerprint density at radius 1 is 1.28 bits per heavy atom. The van der Waals surface area contributed by atoms with Gasteiger partial charge in [-0.05, 0) is 49.9 Å². The molecule has 5 nitrogen and oxygen atoms in total. The summed E-state index contributed by atoms with van der Waals surface area (Å²) in [6.45, 7) is 2.34. The fraction of sp³-hybridized carbons (Fsp3) is 0.444. The van der Waals surface area contributed by atoms with Gasteiger partial charge in [-0.25, -0.2) is 13.5 Å². The quantitative estimate of drug-likeness (QED) is 0.870. The van der Waals surface area contributed by atoms with Crippen LogP contribution in [0.5, 0.6) is 0 Å². The van der Waals surface area contributed by atoms with Crippen molar-refractivity contribution in [3.8, 4) is 5.69 Å². The van der Waals surface area contributed by atoms with Crippen LogP contribution in [-0.4, -0.2) is 38.8 Å². The van der Waals surface area contributed by atoms with Crippen LogP contribution in [0.4, 0.5) is 8.78 Å². The van der Waals surface area contributed by atoms with Gasteiger partial charge in [-0.3, -0.25) is 9.69 Å². The van der Waals surface area contributed by atoms with E-state index in [1.54, 1.807) is 12.3 Å². The summed E-state index contributed by atoms with van der Waals surface area (Å²) in [6, 6.07) is 5.49. The minimum absolute atomic E-state index is 0.174. The number of carboxylic acid groups (broad SMARTS) is 1. The molecule has 25 heavy (non-hydrogen) atoms. The maximum Gasteiger partial charge on any atom is 0.303 e. The topological polar surface area (TPSA) is 58.4 Å². The number of para-hydroxylation sites is 1. The predicted octanol–water partition coefficient (Wildman–Crippen LogP) is 3.23. The smallest absolute Gasteiger partial charge is 0.303 e. The van der Waals surface area contributed by atoms with E-state index in [1.807, 2.05) is 0 Å². The molecule has 3 rings (SSSR count). The van der Waals surface area contributed by atoms with E-state index < -0.39 is 17.6 Å². The zero-order chi connectivity index (χ0) is 17.8. The Labute approximate surface area is 144 Å². The number of benzene rings is 1. The maximum atomic E-state index is 13.8. The van der Waals surface area contributed by atoms with Crippen LogP contribution in [0, 0.1) is 17.6 Å².